The largest absolute Gasteiger partial charge is 0.0999 e. The molecule has 0 aliphatic carbocycles. The van der Waals surface area contributed by atoms with Gasteiger partial charge >= 0.3 is 0 Å². The van der Waals surface area contributed by atoms with Crippen molar-refractivity contribution in [2.45, 2.75) is 111 Å². The second-order valence-electron chi connectivity index (χ2n) is 7.09. The molecule has 0 fully saturated rings. The fourth-order valence-corrected chi connectivity index (χ4v) is 2.71. The maximum Gasteiger partial charge on any atom is -0.0323 e. The molecule has 0 radical (unpaired) electrons. The van der Waals surface area contributed by atoms with Crippen LogP contribution in [0.15, 0.2) is 24.3 Å². The molecule has 0 aromatic heterocycles. The van der Waals surface area contributed by atoms with Crippen LogP contribution in [0.3, 0.4) is 0 Å². The molecular formula is C22H42. The summed E-state index contributed by atoms with van der Waals surface area (Å²) < 4.78 is 0. The Kier molecular flexibility index (Phi) is 16.4. The van der Waals surface area contributed by atoms with E-state index >= 15 is 0 Å². The van der Waals surface area contributed by atoms with Crippen LogP contribution >= 0.6 is 0 Å². The minimum atomic E-state index is 0.851. The molecule has 0 saturated carbocycles. The summed E-state index contributed by atoms with van der Waals surface area (Å²) >= 11 is 0. The zero-order valence-corrected chi connectivity index (χ0v) is 15.8. The topological polar surface area (TPSA) is 0 Å². The van der Waals surface area contributed by atoms with E-state index < -0.39 is 0 Å². The van der Waals surface area contributed by atoms with Gasteiger partial charge in [0.2, 0.25) is 0 Å². The SMILES string of the molecule is C=C(CCCCCCC)CCCCCC/C=C/CC(C)CC. The van der Waals surface area contributed by atoms with E-state index in [9.17, 15) is 0 Å². The normalized spacial score (nSPS) is 12.9. The van der Waals surface area contributed by atoms with Crippen LogP contribution in [0.5, 0.6) is 0 Å². The lowest BCUT2D eigenvalue weighted by atomic mass is 10.0. The van der Waals surface area contributed by atoms with E-state index in [4.69, 9.17) is 0 Å². The highest BCUT2D eigenvalue weighted by atomic mass is 14.0. The van der Waals surface area contributed by atoms with Gasteiger partial charge in [-0.1, -0.05) is 90.0 Å². The zero-order valence-electron chi connectivity index (χ0n) is 15.8. The van der Waals surface area contributed by atoms with Crippen molar-refractivity contribution in [3.8, 4) is 0 Å². The highest BCUT2D eigenvalue weighted by Crippen LogP contribution is 2.16. The molecule has 0 spiro atoms. The second kappa shape index (κ2) is 16.8. The summed E-state index contributed by atoms with van der Waals surface area (Å²) in [4.78, 5) is 0. The van der Waals surface area contributed by atoms with Gasteiger partial charge in [0.05, 0.1) is 0 Å². The van der Waals surface area contributed by atoms with Crippen LogP contribution in [0.25, 0.3) is 0 Å². The zero-order chi connectivity index (χ0) is 16.5. The average Bonchev–Trinajstić information content (AvgIpc) is 2.52. The fourth-order valence-electron chi connectivity index (χ4n) is 2.71. The molecule has 1 unspecified atom stereocenters. The van der Waals surface area contributed by atoms with Crippen molar-refractivity contribution in [2.24, 2.45) is 5.92 Å². The molecule has 0 aliphatic heterocycles. The van der Waals surface area contributed by atoms with Gasteiger partial charge in [-0.2, -0.15) is 0 Å². The smallest absolute Gasteiger partial charge is 0.0323 e. The lowest BCUT2D eigenvalue weighted by molar-refractivity contribution is 0.570. The number of rotatable bonds is 16. The van der Waals surface area contributed by atoms with Crippen LogP contribution in [-0.2, 0) is 0 Å². The average molecular weight is 307 g/mol. The Labute approximate surface area is 141 Å². The first kappa shape index (κ1) is 21.5. The quantitative estimate of drug-likeness (QED) is 0.199. The third-order valence-electron chi connectivity index (χ3n) is 4.69. The predicted molar refractivity (Wildman–Crippen MR) is 103 cm³/mol. The molecule has 0 rings (SSSR count). The van der Waals surface area contributed by atoms with Crippen molar-refractivity contribution in [1.82, 2.24) is 0 Å². The maximum absolute atomic E-state index is 4.24. The van der Waals surface area contributed by atoms with Gasteiger partial charge in [0.1, 0.15) is 0 Å². The molecule has 130 valence electrons. The van der Waals surface area contributed by atoms with Crippen LogP contribution in [0, 0.1) is 5.92 Å². The van der Waals surface area contributed by atoms with Crippen molar-refractivity contribution in [1.29, 1.82) is 0 Å². The summed E-state index contributed by atoms with van der Waals surface area (Å²) in [7, 11) is 0. The number of allylic oxidation sites excluding steroid dienone is 3. The van der Waals surface area contributed by atoms with Gasteiger partial charge < -0.3 is 0 Å². The van der Waals surface area contributed by atoms with Crippen molar-refractivity contribution < 1.29 is 0 Å². The van der Waals surface area contributed by atoms with E-state index in [0.29, 0.717) is 0 Å². The van der Waals surface area contributed by atoms with Gasteiger partial charge in [0, 0.05) is 0 Å². The van der Waals surface area contributed by atoms with Gasteiger partial charge in [-0.3, -0.25) is 0 Å². The van der Waals surface area contributed by atoms with E-state index in [1.807, 2.05) is 0 Å². The molecule has 0 heterocycles. The van der Waals surface area contributed by atoms with Crippen molar-refractivity contribution in [2.75, 3.05) is 0 Å². The Bertz CT molecular complexity index is 261. The monoisotopic (exact) mass is 306 g/mol. The fraction of sp³-hybridized carbons (Fsp3) is 0.818. The molecule has 0 bridgehead atoms. The maximum atomic E-state index is 4.24. The Hall–Kier alpha value is -0.520. The summed E-state index contributed by atoms with van der Waals surface area (Å²) in [5.74, 6) is 0.851. The minimum absolute atomic E-state index is 0.851. The van der Waals surface area contributed by atoms with E-state index in [-0.39, 0.29) is 0 Å². The molecular weight excluding hydrogens is 264 g/mol. The first-order valence-corrected chi connectivity index (χ1v) is 10.0. The lowest BCUT2D eigenvalue weighted by Crippen LogP contribution is -1.87. The molecule has 0 heteroatoms. The van der Waals surface area contributed by atoms with Crippen molar-refractivity contribution in [3.63, 3.8) is 0 Å². The summed E-state index contributed by atoms with van der Waals surface area (Å²) in [6, 6.07) is 0. The molecule has 0 aromatic rings. The van der Waals surface area contributed by atoms with Crippen LogP contribution in [0.4, 0.5) is 0 Å². The van der Waals surface area contributed by atoms with Crippen molar-refractivity contribution in [3.05, 3.63) is 24.3 Å². The Morgan fingerprint density at radius 1 is 0.818 bits per heavy atom. The standard InChI is InChI=1S/C22H42/c1-5-7-8-12-16-19-22(4)20-17-14-11-9-10-13-15-18-21(3)6-2/h13,15,21H,4-12,14,16-20H2,1-3H3/b15-13+. The van der Waals surface area contributed by atoms with Gasteiger partial charge in [0.25, 0.3) is 0 Å². The van der Waals surface area contributed by atoms with Gasteiger partial charge in [-0.05, 0) is 50.9 Å². The van der Waals surface area contributed by atoms with Crippen LogP contribution in [-0.4, -0.2) is 0 Å². The van der Waals surface area contributed by atoms with Gasteiger partial charge in [-0.25, -0.2) is 0 Å². The van der Waals surface area contributed by atoms with E-state index in [2.05, 4.69) is 39.5 Å². The van der Waals surface area contributed by atoms with Gasteiger partial charge in [0.15, 0.2) is 0 Å². The van der Waals surface area contributed by atoms with E-state index in [1.165, 1.54) is 95.5 Å². The first-order chi connectivity index (χ1) is 10.7. The summed E-state index contributed by atoms with van der Waals surface area (Å²) in [6.07, 6.45) is 23.5. The van der Waals surface area contributed by atoms with Gasteiger partial charge in [-0.15, -0.1) is 0 Å². The summed E-state index contributed by atoms with van der Waals surface area (Å²) in [6.45, 7) is 11.1. The first-order valence-electron chi connectivity index (χ1n) is 10.0. The van der Waals surface area contributed by atoms with E-state index in [0.717, 1.165) is 5.92 Å². The predicted octanol–water partition coefficient (Wildman–Crippen LogP) is 8.24. The minimum Gasteiger partial charge on any atom is -0.0999 e. The highest BCUT2D eigenvalue weighted by molar-refractivity contribution is 4.93. The third-order valence-corrected chi connectivity index (χ3v) is 4.69. The molecule has 0 aliphatic rings. The third kappa shape index (κ3) is 15.9. The summed E-state index contributed by atoms with van der Waals surface area (Å²) in [5.41, 5.74) is 1.49. The number of hydrogen-bond donors (Lipinski definition) is 0. The van der Waals surface area contributed by atoms with Crippen LogP contribution in [0.2, 0.25) is 0 Å². The second-order valence-corrected chi connectivity index (χ2v) is 7.09. The molecule has 0 aromatic carbocycles. The molecule has 22 heavy (non-hydrogen) atoms. The van der Waals surface area contributed by atoms with Crippen LogP contribution in [0.1, 0.15) is 111 Å². The molecule has 0 N–H and O–H groups in total. The van der Waals surface area contributed by atoms with E-state index in [1.54, 1.807) is 0 Å². The Balaban J connectivity index is 3.26. The van der Waals surface area contributed by atoms with Crippen LogP contribution < -0.4 is 0 Å². The number of unbranched alkanes of at least 4 members (excludes halogenated alkanes) is 8. The molecule has 0 amide bonds. The number of hydrogen-bond acceptors (Lipinski definition) is 0. The lowest BCUT2D eigenvalue weighted by Gasteiger charge is -2.05. The molecule has 0 nitrogen and oxygen atoms in total. The highest BCUT2D eigenvalue weighted by Gasteiger charge is 1.97. The molecule has 0 saturated heterocycles. The van der Waals surface area contributed by atoms with Crippen molar-refractivity contribution >= 4 is 0 Å². The Morgan fingerprint density at radius 2 is 1.41 bits per heavy atom. The summed E-state index contributed by atoms with van der Waals surface area (Å²) in [5, 5.41) is 0. The molecule has 1 atom stereocenters. The Morgan fingerprint density at radius 3 is 2.00 bits per heavy atom.